The zero-order valence-electron chi connectivity index (χ0n) is 18.7. The van der Waals surface area contributed by atoms with Gasteiger partial charge < -0.3 is 14.5 Å². The van der Waals surface area contributed by atoms with Crippen LogP contribution in [0.5, 0.6) is 5.75 Å². The van der Waals surface area contributed by atoms with Crippen molar-refractivity contribution in [3.05, 3.63) is 64.8 Å². The smallest absolute Gasteiger partial charge is 0.282 e. The van der Waals surface area contributed by atoms with Gasteiger partial charge in [-0.3, -0.25) is 9.59 Å². The Morgan fingerprint density at radius 1 is 0.938 bits per heavy atom. The monoisotopic (exact) mass is 453 g/mol. The van der Waals surface area contributed by atoms with E-state index in [0.717, 1.165) is 18.8 Å². The van der Waals surface area contributed by atoms with E-state index in [1.54, 1.807) is 24.3 Å². The molecule has 0 N–H and O–H groups in total. The fourth-order valence-corrected chi connectivity index (χ4v) is 4.15. The molecule has 2 aromatic rings. The molecule has 2 aromatic carbocycles. The maximum atomic E-state index is 13.6. The van der Waals surface area contributed by atoms with Crippen LogP contribution < -0.4 is 9.64 Å². The fraction of sp³-hybridized carbons (Fsp3) is 0.360. The zero-order valence-corrected chi connectivity index (χ0v) is 19.4. The molecular formula is C25H28ClN3O3. The molecule has 0 aromatic heterocycles. The van der Waals surface area contributed by atoms with Crippen molar-refractivity contribution >= 4 is 34.7 Å². The summed E-state index contributed by atoms with van der Waals surface area (Å²) in [5, 5.41) is 0.366. The SMILES string of the molecule is CC(C)COc1ccc(C2=C(N3CCN(C)CC3)C(=O)N(c3ccccc3Cl)C2=O)cc1. The Balaban J connectivity index is 1.73. The molecular weight excluding hydrogens is 426 g/mol. The van der Waals surface area contributed by atoms with E-state index < -0.39 is 0 Å². The average molecular weight is 454 g/mol. The number of rotatable bonds is 6. The quantitative estimate of drug-likeness (QED) is 0.621. The summed E-state index contributed by atoms with van der Waals surface area (Å²) in [5.74, 6) is 0.471. The van der Waals surface area contributed by atoms with Crippen molar-refractivity contribution in [2.45, 2.75) is 13.8 Å². The number of hydrogen-bond donors (Lipinski definition) is 0. The number of piperazine rings is 1. The van der Waals surface area contributed by atoms with Gasteiger partial charge >= 0.3 is 0 Å². The Morgan fingerprint density at radius 3 is 2.22 bits per heavy atom. The highest BCUT2D eigenvalue weighted by atomic mass is 35.5. The zero-order chi connectivity index (χ0) is 22.8. The van der Waals surface area contributed by atoms with E-state index >= 15 is 0 Å². The minimum atomic E-state index is -0.354. The van der Waals surface area contributed by atoms with E-state index in [1.807, 2.05) is 29.2 Å². The highest BCUT2D eigenvalue weighted by Gasteiger charge is 2.43. The molecule has 6 nitrogen and oxygen atoms in total. The lowest BCUT2D eigenvalue weighted by molar-refractivity contribution is -0.120. The number of carbonyl (C=O) groups excluding carboxylic acids is 2. The van der Waals surface area contributed by atoms with Crippen molar-refractivity contribution in [1.29, 1.82) is 0 Å². The molecule has 0 aliphatic carbocycles. The fourth-order valence-electron chi connectivity index (χ4n) is 3.93. The molecule has 4 rings (SSSR count). The van der Waals surface area contributed by atoms with Gasteiger partial charge in [0.2, 0.25) is 0 Å². The molecule has 32 heavy (non-hydrogen) atoms. The molecule has 2 aliphatic heterocycles. The lowest BCUT2D eigenvalue weighted by Crippen LogP contribution is -2.46. The third kappa shape index (κ3) is 4.38. The van der Waals surface area contributed by atoms with Crippen LogP contribution in [0.2, 0.25) is 5.02 Å². The van der Waals surface area contributed by atoms with E-state index in [0.29, 0.717) is 53.2 Å². The van der Waals surface area contributed by atoms with Gasteiger partial charge in [-0.05, 0) is 42.8 Å². The number of carbonyl (C=O) groups is 2. The lowest BCUT2D eigenvalue weighted by Gasteiger charge is -2.34. The number of anilines is 1. The van der Waals surface area contributed by atoms with Gasteiger partial charge in [0.1, 0.15) is 11.4 Å². The van der Waals surface area contributed by atoms with Crippen LogP contribution in [0.15, 0.2) is 54.2 Å². The molecule has 168 valence electrons. The standard InChI is InChI=1S/C25H28ClN3O3/c1-17(2)16-32-19-10-8-18(9-11-19)22-23(28-14-12-27(3)13-15-28)25(31)29(24(22)30)21-7-5-4-6-20(21)26/h4-11,17H,12-16H2,1-3H3. The molecule has 0 saturated carbocycles. The molecule has 1 saturated heterocycles. The predicted molar refractivity (Wildman–Crippen MR) is 127 cm³/mol. The first-order valence-corrected chi connectivity index (χ1v) is 11.3. The van der Waals surface area contributed by atoms with Gasteiger partial charge in [0, 0.05) is 26.2 Å². The van der Waals surface area contributed by atoms with Crippen molar-refractivity contribution in [3.8, 4) is 5.75 Å². The molecule has 0 radical (unpaired) electrons. The summed E-state index contributed by atoms with van der Waals surface area (Å²) in [6.07, 6.45) is 0. The van der Waals surface area contributed by atoms with E-state index in [9.17, 15) is 9.59 Å². The summed E-state index contributed by atoms with van der Waals surface area (Å²) < 4.78 is 5.78. The molecule has 2 heterocycles. The number of ether oxygens (including phenoxy) is 1. The predicted octanol–water partition coefficient (Wildman–Crippen LogP) is 3.91. The van der Waals surface area contributed by atoms with Crippen molar-refractivity contribution in [2.75, 3.05) is 44.7 Å². The Kier molecular flexibility index (Phi) is 6.53. The molecule has 1 fully saturated rings. The Hall–Kier alpha value is -2.83. The normalized spacial score (nSPS) is 17.7. The van der Waals surface area contributed by atoms with Crippen LogP contribution in [0.25, 0.3) is 5.57 Å². The highest BCUT2D eigenvalue weighted by molar-refractivity contribution is 6.47. The molecule has 0 atom stereocenters. The van der Waals surface area contributed by atoms with Crippen LogP contribution in [-0.4, -0.2) is 61.4 Å². The molecule has 0 unspecified atom stereocenters. The first kappa shape index (κ1) is 22.4. The van der Waals surface area contributed by atoms with Gasteiger partial charge in [-0.1, -0.05) is 49.7 Å². The number of halogens is 1. The van der Waals surface area contributed by atoms with Gasteiger partial charge in [-0.25, -0.2) is 4.90 Å². The van der Waals surface area contributed by atoms with Crippen molar-refractivity contribution in [3.63, 3.8) is 0 Å². The van der Waals surface area contributed by atoms with Gasteiger partial charge in [0.25, 0.3) is 11.8 Å². The average Bonchev–Trinajstić information content (AvgIpc) is 3.04. The van der Waals surface area contributed by atoms with Crippen LogP contribution in [0.3, 0.4) is 0 Å². The summed E-state index contributed by atoms with van der Waals surface area (Å²) in [6.45, 7) is 7.81. The maximum Gasteiger partial charge on any atom is 0.282 e. The summed E-state index contributed by atoms with van der Waals surface area (Å²) in [6, 6.07) is 14.3. The van der Waals surface area contributed by atoms with Crippen LogP contribution in [0.1, 0.15) is 19.4 Å². The van der Waals surface area contributed by atoms with Crippen molar-refractivity contribution in [2.24, 2.45) is 5.92 Å². The number of imide groups is 1. The van der Waals surface area contributed by atoms with Crippen LogP contribution in [0, 0.1) is 5.92 Å². The van der Waals surface area contributed by atoms with Crippen LogP contribution in [0.4, 0.5) is 5.69 Å². The molecule has 7 heteroatoms. The van der Waals surface area contributed by atoms with Crippen LogP contribution in [-0.2, 0) is 9.59 Å². The minimum absolute atomic E-state index is 0.331. The van der Waals surface area contributed by atoms with Crippen LogP contribution >= 0.6 is 11.6 Å². The Labute approximate surface area is 194 Å². The molecule has 0 bridgehead atoms. The number of hydrogen-bond acceptors (Lipinski definition) is 5. The first-order chi connectivity index (χ1) is 15.4. The molecule has 2 amide bonds. The summed E-state index contributed by atoms with van der Waals surface area (Å²) in [5.41, 5.74) is 1.96. The van der Waals surface area contributed by atoms with Gasteiger partial charge in [0.15, 0.2) is 0 Å². The summed E-state index contributed by atoms with van der Waals surface area (Å²) in [4.78, 5) is 32.6. The lowest BCUT2D eigenvalue weighted by atomic mass is 10.0. The molecule has 2 aliphatic rings. The summed E-state index contributed by atoms with van der Waals surface area (Å²) >= 11 is 6.36. The van der Waals surface area contributed by atoms with Crippen molar-refractivity contribution < 1.29 is 14.3 Å². The highest BCUT2D eigenvalue weighted by Crippen LogP contribution is 2.38. The summed E-state index contributed by atoms with van der Waals surface area (Å²) in [7, 11) is 2.06. The first-order valence-electron chi connectivity index (χ1n) is 10.9. The van der Waals surface area contributed by atoms with E-state index in [-0.39, 0.29) is 11.8 Å². The Morgan fingerprint density at radius 2 is 1.59 bits per heavy atom. The minimum Gasteiger partial charge on any atom is -0.493 e. The van der Waals surface area contributed by atoms with Gasteiger partial charge in [-0.2, -0.15) is 0 Å². The number of nitrogens with zero attached hydrogens (tertiary/aromatic N) is 3. The number of amides is 2. The Bertz CT molecular complexity index is 1040. The third-order valence-corrected chi connectivity index (χ3v) is 6.02. The number of likely N-dealkylation sites (N-methyl/N-ethyl adjacent to an activating group) is 1. The van der Waals surface area contributed by atoms with E-state index in [4.69, 9.17) is 16.3 Å². The number of para-hydroxylation sites is 1. The van der Waals surface area contributed by atoms with E-state index in [2.05, 4.69) is 25.8 Å². The number of benzene rings is 2. The van der Waals surface area contributed by atoms with E-state index in [1.165, 1.54) is 4.90 Å². The second-order valence-corrected chi connectivity index (χ2v) is 9.05. The topological polar surface area (TPSA) is 53.1 Å². The third-order valence-electron chi connectivity index (χ3n) is 5.70. The van der Waals surface area contributed by atoms with Gasteiger partial charge in [-0.15, -0.1) is 0 Å². The second kappa shape index (κ2) is 9.35. The maximum absolute atomic E-state index is 13.6. The molecule has 0 spiro atoms. The largest absolute Gasteiger partial charge is 0.493 e. The van der Waals surface area contributed by atoms with Gasteiger partial charge in [0.05, 0.1) is 22.9 Å². The second-order valence-electron chi connectivity index (χ2n) is 8.64. The van der Waals surface area contributed by atoms with Crippen molar-refractivity contribution in [1.82, 2.24) is 9.80 Å².